The molecular formula is C23H22N4O7S2. The molecule has 0 fully saturated rings. The summed E-state index contributed by atoms with van der Waals surface area (Å²) in [5, 5.41) is 23.3. The number of aromatic hydroxyl groups is 1. The molecule has 3 aromatic carbocycles. The molecule has 0 aromatic heterocycles. The Morgan fingerprint density at radius 3 is 1.97 bits per heavy atom. The van der Waals surface area contributed by atoms with Gasteiger partial charge in [-0.3, -0.25) is 9.69 Å². The van der Waals surface area contributed by atoms with Crippen LogP contribution < -0.4 is 25.2 Å². The average Bonchev–Trinajstić information content (AvgIpc) is 3.14. The molecule has 1 aliphatic rings. The zero-order chi connectivity index (χ0) is 26.3. The molecule has 1 aliphatic heterocycles. The van der Waals surface area contributed by atoms with Gasteiger partial charge in [0.1, 0.15) is 5.70 Å². The van der Waals surface area contributed by atoms with Gasteiger partial charge in [0.25, 0.3) is 5.91 Å². The molecule has 1 amide bonds. The van der Waals surface area contributed by atoms with E-state index in [1.54, 1.807) is 18.2 Å². The highest BCUT2D eigenvalue weighted by Gasteiger charge is 2.35. The number of primary sulfonamides is 2. The van der Waals surface area contributed by atoms with Gasteiger partial charge in [-0.25, -0.2) is 27.1 Å². The van der Waals surface area contributed by atoms with Gasteiger partial charge in [-0.1, -0.05) is 6.07 Å². The highest BCUT2D eigenvalue weighted by Crippen LogP contribution is 2.39. The average molecular weight is 531 g/mol. The van der Waals surface area contributed by atoms with E-state index in [1.165, 1.54) is 66.6 Å². The standard InChI is InChI=1S/C23H22N4O7S2/c1-34-22-12-14(2-11-21(22)28)20-13-19(26-15-3-7-17(8-4-15)35(24,30)31)23(29)27(20)16-5-9-18(10-6-16)36(25,32)33/h2-13,20,26,28H,1H3,(H2,24,30,31)(H2,25,32,33). The molecule has 0 bridgehead atoms. The van der Waals surface area contributed by atoms with E-state index in [9.17, 15) is 26.7 Å². The number of ether oxygens (including phenoxy) is 1. The summed E-state index contributed by atoms with van der Waals surface area (Å²) in [7, 11) is -6.40. The molecule has 0 radical (unpaired) electrons. The number of phenolic OH excluding ortho intramolecular Hbond substituents is 1. The van der Waals surface area contributed by atoms with Crippen LogP contribution in [0.15, 0.2) is 88.3 Å². The third-order valence-electron chi connectivity index (χ3n) is 5.50. The Bertz CT molecular complexity index is 1570. The van der Waals surface area contributed by atoms with E-state index in [2.05, 4.69) is 5.32 Å². The molecule has 1 unspecified atom stereocenters. The van der Waals surface area contributed by atoms with Crippen LogP contribution in [0.4, 0.5) is 11.4 Å². The van der Waals surface area contributed by atoms with E-state index in [1.807, 2.05) is 0 Å². The van der Waals surface area contributed by atoms with Crippen molar-refractivity contribution in [1.82, 2.24) is 0 Å². The third-order valence-corrected chi connectivity index (χ3v) is 7.36. The minimum absolute atomic E-state index is 0.0769. The number of hydrogen-bond acceptors (Lipinski definition) is 8. The second kappa shape index (κ2) is 9.28. The van der Waals surface area contributed by atoms with E-state index in [-0.39, 0.29) is 27.0 Å². The van der Waals surface area contributed by atoms with Crippen LogP contribution >= 0.6 is 0 Å². The van der Waals surface area contributed by atoms with Crippen molar-refractivity contribution in [2.45, 2.75) is 15.8 Å². The largest absolute Gasteiger partial charge is 0.504 e. The second-order valence-electron chi connectivity index (χ2n) is 7.86. The van der Waals surface area contributed by atoms with Gasteiger partial charge < -0.3 is 15.2 Å². The van der Waals surface area contributed by atoms with E-state index >= 15 is 0 Å². The number of nitrogens with two attached hydrogens (primary N) is 2. The van der Waals surface area contributed by atoms with Crippen LogP contribution in [0, 0.1) is 0 Å². The van der Waals surface area contributed by atoms with Crippen molar-refractivity contribution >= 4 is 37.3 Å². The van der Waals surface area contributed by atoms with Gasteiger partial charge in [0.2, 0.25) is 20.0 Å². The Kier molecular flexibility index (Phi) is 6.49. The summed E-state index contributed by atoms with van der Waals surface area (Å²) >= 11 is 0. The summed E-state index contributed by atoms with van der Waals surface area (Å²) in [6.45, 7) is 0. The summed E-state index contributed by atoms with van der Waals surface area (Å²) < 4.78 is 51.5. The first kappa shape index (κ1) is 25.2. The summed E-state index contributed by atoms with van der Waals surface area (Å²) in [6.07, 6.45) is 1.65. The zero-order valence-corrected chi connectivity index (χ0v) is 20.5. The van der Waals surface area contributed by atoms with Crippen molar-refractivity contribution < 1.29 is 31.5 Å². The molecule has 11 nitrogen and oxygen atoms in total. The van der Waals surface area contributed by atoms with E-state index in [4.69, 9.17) is 15.0 Å². The van der Waals surface area contributed by atoms with Crippen molar-refractivity contribution in [2.75, 3.05) is 17.3 Å². The first-order chi connectivity index (χ1) is 16.9. The molecular weight excluding hydrogens is 508 g/mol. The van der Waals surface area contributed by atoms with Crippen molar-refractivity contribution in [3.8, 4) is 11.5 Å². The lowest BCUT2D eigenvalue weighted by atomic mass is 10.1. The quantitative estimate of drug-likeness (QED) is 0.356. The van der Waals surface area contributed by atoms with Crippen LogP contribution in [-0.4, -0.2) is 35.0 Å². The molecule has 3 aromatic rings. The number of rotatable bonds is 7. The molecule has 1 heterocycles. The van der Waals surface area contributed by atoms with Gasteiger partial charge in [0, 0.05) is 11.4 Å². The van der Waals surface area contributed by atoms with Crippen molar-refractivity contribution in [3.05, 3.63) is 84.1 Å². The number of nitrogens with one attached hydrogen (secondary N) is 1. The van der Waals surface area contributed by atoms with E-state index < -0.39 is 32.0 Å². The lowest BCUT2D eigenvalue weighted by molar-refractivity contribution is -0.114. The van der Waals surface area contributed by atoms with Crippen LogP contribution in [0.25, 0.3) is 0 Å². The summed E-state index contributed by atoms with van der Waals surface area (Å²) in [5.74, 6) is -0.310. The molecule has 0 saturated carbocycles. The fraction of sp³-hybridized carbons (Fsp3) is 0.0870. The number of amides is 1. The van der Waals surface area contributed by atoms with Gasteiger partial charge >= 0.3 is 0 Å². The van der Waals surface area contributed by atoms with Crippen molar-refractivity contribution in [1.29, 1.82) is 0 Å². The minimum Gasteiger partial charge on any atom is -0.504 e. The summed E-state index contributed by atoms with van der Waals surface area (Å²) in [4.78, 5) is 14.7. The minimum atomic E-state index is -3.93. The highest BCUT2D eigenvalue weighted by atomic mass is 32.2. The number of nitrogens with zero attached hydrogens (tertiary/aromatic N) is 1. The Balaban J connectivity index is 1.74. The van der Waals surface area contributed by atoms with Gasteiger partial charge in [0.05, 0.1) is 22.9 Å². The topological polar surface area (TPSA) is 182 Å². The number of hydrogen-bond donors (Lipinski definition) is 4. The van der Waals surface area contributed by atoms with Crippen LogP contribution in [-0.2, 0) is 24.8 Å². The smallest absolute Gasteiger partial charge is 0.275 e. The molecule has 0 spiro atoms. The molecule has 36 heavy (non-hydrogen) atoms. The van der Waals surface area contributed by atoms with Crippen LogP contribution in [0.3, 0.4) is 0 Å². The number of methoxy groups -OCH3 is 1. The number of sulfonamides is 2. The summed E-state index contributed by atoms with van der Waals surface area (Å²) in [5.41, 5.74) is 1.62. The molecule has 188 valence electrons. The predicted octanol–water partition coefficient (Wildman–Crippen LogP) is 1.78. The lowest BCUT2D eigenvalue weighted by Crippen LogP contribution is -2.30. The molecule has 4 rings (SSSR count). The number of phenols is 1. The Labute approximate surface area is 207 Å². The van der Waals surface area contributed by atoms with Gasteiger partial charge in [-0.2, -0.15) is 0 Å². The molecule has 6 N–H and O–H groups in total. The molecule has 13 heteroatoms. The number of anilines is 2. The van der Waals surface area contributed by atoms with Crippen molar-refractivity contribution in [3.63, 3.8) is 0 Å². The Hall–Kier alpha value is -3.91. The Morgan fingerprint density at radius 2 is 1.44 bits per heavy atom. The third kappa shape index (κ3) is 5.04. The predicted molar refractivity (Wildman–Crippen MR) is 132 cm³/mol. The van der Waals surface area contributed by atoms with Gasteiger partial charge in [0.15, 0.2) is 11.5 Å². The normalized spacial score (nSPS) is 16.1. The number of benzene rings is 3. The first-order valence-electron chi connectivity index (χ1n) is 10.3. The Morgan fingerprint density at radius 1 is 0.889 bits per heavy atom. The van der Waals surface area contributed by atoms with Crippen molar-refractivity contribution in [2.24, 2.45) is 10.3 Å². The fourth-order valence-electron chi connectivity index (χ4n) is 3.74. The lowest BCUT2D eigenvalue weighted by Gasteiger charge is -2.26. The fourth-order valence-corrected chi connectivity index (χ4v) is 4.77. The van der Waals surface area contributed by atoms with Crippen LogP contribution in [0.2, 0.25) is 0 Å². The maximum Gasteiger partial charge on any atom is 0.275 e. The monoisotopic (exact) mass is 530 g/mol. The van der Waals surface area contributed by atoms with Gasteiger partial charge in [-0.05, 0) is 72.3 Å². The molecule has 1 atom stereocenters. The summed E-state index contributed by atoms with van der Waals surface area (Å²) in [6, 6.07) is 15.1. The number of carbonyl (C=O) groups is 1. The van der Waals surface area contributed by atoms with Gasteiger partial charge in [-0.15, -0.1) is 0 Å². The first-order valence-corrected chi connectivity index (χ1v) is 13.4. The van der Waals surface area contributed by atoms with E-state index in [0.717, 1.165) is 0 Å². The van der Waals surface area contributed by atoms with Crippen LogP contribution in [0.1, 0.15) is 11.6 Å². The maximum absolute atomic E-state index is 13.5. The van der Waals surface area contributed by atoms with Crippen LogP contribution in [0.5, 0.6) is 11.5 Å². The molecule has 0 saturated heterocycles. The SMILES string of the molecule is COc1cc(C2C=C(Nc3ccc(S(N)(=O)=O)cc3)C(=O)N2c2ccc(S(N)(=O)=O)cc2)ccc1O. The maximum atomic E-state index is 13.5. The molecule has 0 aliphatic carbocycles. The second-order valence-corrected chi connectivity index (χ2v) is 11.0. The van der Waals surface area contributed by atoms with E-state index in [0.29, 0.717) is 16.9 Å². The number of carbonyl (C=O) groups excluding carboxylic acids is 1. The zero-order valence-electron chi connectivity index (χ0n) is 18.8. The highest BCUT2D eigenvalue weighted by molar-refractivity contribution is 7.89.